The number of benzene rings is 1. The second-order valence-electron chi connectivity index (χ2n) is 7.64. The van der Waals surface area contributed by atoms with Crippen LogP contribution in [-0.4, -0.2) is 29.0 Å². The number of aromatic nitrogens is 2. The maximum absolute atomic E-state index is 5.51. The molecular weight excluding hydrogens is 316 g/mol. The third-order valence-corrected chi connectivity index (χ3v) is 5.33. The highest BCUT2D eigenvalue weighted by molar-refractivity contribution is 7.98. The predicted octanol–water partition coefficient (Wildman–Crippen LogP) is 5.00. The minimum atomic E-state index is 0.0422. The smallest absolute Gasteiger partial charge is 0.114 e. The van der Waals surface area contributed by atoms with Gasteiger partial charge < -0.3 is 9.30 Å². The molecule has 0 saturated carbocycles. The number of hydrogen-bond donors (Lipinski definition) is 0. The van der Waals surface area contributed by atoms with Gasteiger partial charge in [-0.05, 0) is 37.1 Å². The molecule has 1 aliphatic rings. The molecule has 0 unspecified atom stereocenters. The van der Waals surface area contributed by atoms with Gasteiger partial charge in [-0.1, -0.05) is 32.9 Å². The van der Waals surface area contributed by atoms with Crippen LogP contribution in [0.2, 0.25) is 0 Å². The maximum atomic E-state index is 5.51. The molecule has 130 valence electrons. The maximum Gasteiger partial charge on any atom is 0.114 e. The lowest BCUT2D eigenvalue weighted by Crippen LogP contribution is -2.24. The third-order valence-electron chi connectivity index (χ3n) is 4.61. The van der Waals surface area contributed by atoms with Gasteiger partial charge in [-0.25, -0.2) is 4.98 Å². The van der Waals surface area contributed by atoms with Gasteiger partial charge in [0.1, 0.15) is 5.82 Å². The Morgan fingerprint density at radius 2 is 2.00 bits per heavy atom. The molecule has 3 nitrogen and oxygen atoms in total. The van der Waals surface area contributed by atoms with Crippen LogP contribution in [0.25, 0.3) is 11.3 Å². The summed E-state index contributed by atoms with van der Waals surface area (Å²) in [6, 6.07) is 8.67. The molecule has 1 fully saturated rings. The average molecular weight is 345 g/mol. The summed E-state index contributed by atoms with van der Waals surface area (Å²) >= 11 is 1.77. The van der Waals surface area contributed by atoms with Crippen LogP contribution in [0.4, 0.5) is 0 Å². The molecule has 0 amide bonds. The molecule has 0 atom stereocenters. The lowest BCUT2D eigenvalue weighted by Gasteiger charge is -2.25. The van der Waals surface area contributed by atoms with E-state index >= 15 is 0 Å². The van der Waals surface area contributed by atoms with Crippen LogP contribution >= 0.6 is 11.8 Å². The van der Waals surface area contributed by atoms with E-state index in [1.54, 1.807) is 11.8 Å². The van der Waals surface area contributed by atoms with Crippen LogP contribution in [0.1, 0.15) is 39.4 Å². The van der Waals surface area contributed by atoms with Crippen molar-refractivity contribution in [1.82, 2.24) is 9.55 Å². The second-order valence-corrected chi connectivity index (χ2v) is 8.52. The summed E-state index contributed by atoms with van der Waals surface area (Å²) in [5.74, 6) is 1.87. The van der Waals surface area contributed by atoms with Gasteiger partial charge in [-0.2, -0.15) is 0 Å². The Kier molecular flexibility index (Phi) is 5.36. The van der Waals surface area contributed by atoms with Gasteiger partial charge in [0.2, 0.25) is 0 Å². The Morgan fingerprint density at radius 3 is 2.67 bits per heavy atom. The second kappa shape index (κ2) is 7.32. The van der Waals surface area contributed by atoms with Crippen molar-refractivity contribution in [3.8, 4) is 11.3 Å². The van der Waals surface area contributed by atoms with Gasteiger partial charge in [0.15, 0.2) is 0 Å². The Labute approximate surface area is 149 Å². The zero-order valence-corrected chi connectivity index (χ0v) is 16.0. The highest BCUT2D eigenvalue weighted by Gasteiger charge is 2.24. The van der Waals surface area contributed by atoms with E-state index in [9.17, 15) is 0 Å². The molecular formula is C20H28N2OS. The van der Waals surface area contributed by atoms with E-state index < -0.39 is 0 Å². The summed E-state index contributed by atoms with van der Waals surface area (Å²) < 4.78 is 7.89. The van der Waals surface area contributed by atoms with Crippen molar-refractivity contribution < 1.29 is 4.74 Å². The van der Waals surface area contributed by atoms with E-state index in [2.05, 4.69) is 62.1 Å². The molecule has 0 spiro atoms. The van der Waals surface area contributed by atoms with Gasteiger partial charge in [-0.15, -0.1) is 11.8 Å². The summed E-state index contributed by atoms with van der Waals surface area (Å²) in [5, 5.41) is 0. The minimum absolute atomic E-state index is 0.0422. The predicted molar refractivity (Wildman–Crippen MR) is 102 cm³/mol. The zero-order chi connectivity index (χ0) is 17.2. The highest BCUT2D eigenvalue weighted by Crippen LogP contribution is 2.30. The van der Waals surface area contributed by atoms with Gasteiger partial charge in [0, 0.05) is 41.8 Å². The minimum Gasteiger partial charge on any atom is -0.381 e. The van der Waals surface area contributed by atoms with Crippen molar-refractivity contribution in [2.75, 3.05) is 19.5 Å². The first-order chi connectivity index (χ1) is 11.5. The molecule has 1 aromatic carbocycles. The van der Waals surface area contributed by atoms with Crippen LogP contribution in [0.15, 0.2) is 35.4 Å². The SMILES string of the molecule is CSc1cccc(-c2cn(CC3CCOCC3)c(C(C)(C)C)n2)c1. The average Bonchev–Trinajstić information content (AvgIpc) is 3.00. The standard InChI is InChI=1S/C20H28N2OS/c1-20(2,3)19-21-18(16-6-5-7-17(12-16)24-4)14-22(19)13-15-8-10-23-11-9-15/h5-7,12,14-15H,8-11,13H2,1-4H3. The number of ether oxygens (including phenoxy) is 1. The molecule has 2 heterocycles. The molecule has 0 aliphatic carbocycles. The fourth-order valence-electron chi connectivity index (χ4n) is 3.28. The fraction of sp³-hybridized carbons (Fsp3) is 0.550. The van der Waals surface area contributed by atoms with E-state index in [-0.39, 0.29) is 5.41 Å². The fourth-order valence-corrected chi connectivity index (χ4v) is 3.74. The van der Waals surface area contributed by atoms with Crippen molar-refractivity contribution in [2.24, 2.45) is 5.92 Å². The van der Waals surface area contributed by atoms with Gasteiger partial charge >= 0.3 is 0 Å². The number of imidazole rings is 1. The molecule has 1 aliphatic heterocycles. The first-order valence-electron chi connectivity index (χ1n) is 8.77. The lowest BCUT2D eigenvalue weighted by atomic mass is 9.94. The molecule has 0 radical (unpaired) electrons. The number of thioether (sulfide) groups is 1. The monoisotopic (exact) mass is 344 g/mol. The summed E-state index contributed by atoms with van der Waals surface area (Å²) in [7, 11) is 0. The topological polar surface area (TPSA) is 27.1 Å². The molecule has 4 heteroatoms. The molecule has 3 rings (SSSR count). The number of nitrogens with zero attached hydrogens (tertiary/aromatic N) is 2. The van der Waals surface area contributed by atoms with Crippen LogP contribution in [0.5, 0.6) is 0 Å². The summed E-state index contributed by atoms with van der Waals surface area (Å²) in [6.45, 7) is 9.58. The van der Waals surface area contributed by atoms with Crippen molar-refractivity contribution >= 4 is 11.8 Å². The summed E-state index contributed by atoms with van der Waals surface area (Å²) in [6.07, 6.45) is 6.66. The molecule has 0 N–H and O–H groups in total. The van der Waals surface area contributed by atoms with Gasteiger partial charge in [-0.3, -0.25) is 0 Å². The molecule has 2 aromatic rings. The van der Waals surface area contributed by atoms with Crippen LogP contribution in [0.3, 0.4) is 0 Å². The van der Waals surface area contributed by atoms with Crippen molar-refractivity contribution in [3.63, 3.8) is 0 Å². The Hall–Kier alpha value is -1.26. The zero-order valence-electron chi connectivity index (χ0n) is 15.2. The van der Waals surface area contributed by atoms with Crippen LogP contribution in [-0.2, 0) is 16.7 Å². The van der Waals surface area contributed by atoms with Crippen LogP contribution < -0.4 is 0 Å². The quantitative estimate of drug-likeness (QED) is 0.731. The number of rotatable bonds is 4. The molecule has 1 saturated heterocycles. The number of hydrogen-bond acceptors (Lipinski definition) is 3. The Balaban J connectivity index is 1.93. The lowest BCUT2D eigenvalue weighted by molar-refractivity contribution is 0.0608. The summed E-state index contributed by atoms with van der Waals surface area (Å²) in [5.41, 5.74) is 2.33. The largest absolute Gasteiger partial charge is 0.381 e. The van der Waals surface area contributed by atoms with Crippen molar-refractivity contribution in [3.05, 3.63) is 36.3 Å². The summed E-state index contributed by atoms with van der Waals surface area (Å²) in [4.78, 5) is 6.30. The normalized spacial score (nSPS) is 16.5. The van der Waals surface area contributed by atoms with E-state index in [1.165, 1.54) is 16.3 Å². The van der Waals surface area contributed by atoms with E-state index in [0.29, 0.717) is 5.92 Å². The van der Waals surface area contributed by atoms with E-state index in [0.717, 1.165) is 38.3 Å². The van der Waals surface area contributed by atoms with Crippen molar-refractivity contribution in [2.45, 2.75) is 50.5 Å². The molecule has 1 aromatic heterocycles. The highest BCUT2D eigenvalue weighted by atomic mass is 32.2. The Bertz CT molecular complexity index is 681. The third kappa shape index (κ3) is 4.04. The van der Waals surface area contributed by atoms with Gasteiger partial charge in [0.05, 0.1) is 5.69 Å². The van der Waals surface area contributed by atoms with Crippen molar-refractivity contribution in [1.29, 1.82) is 0 Å². The Morgan fingerprint density at radius 1 is 1.25 bits per heavy atom. The van der Waals surface area contributed by atoms with Crippen LogP contribution in [0, 0.1) is 5.92 Å². The molecule has 0 bridgehead atoms. The first-order valence-corrected chi connectivity index (χ1v) is 9.99. The molecule has 24 heavy (non-hydrogen) atoms. The van der Waals surface area contributed by atoms with E-state index in [4.69, 9.17) is 9.72 Å². The first kappa shape index (κ1) is 17.6. The van der Waals surface area contributed by atoms with Gasteiger partial charge in [0.25, 0.3) is 0 Å². The van der Waals surface area contributed by atoms with E-state index in [1.807, 2.05) is 0 Å².